The van der Waals surface area contributed by atoms with Gasteiger partial charge in [0.1, 0.15) is 0 Å². The van der Waals surface area contributed by atoms with Gasteiger partial charge in [0.2, 0.25) is 0 Å². The van der Waals surface area contributed by atoms with Gasteiger partial charge in [0.15, 0.2) is 0 Å². The Labute approximate surface area is 90.0 Å². The highest BCUT2D eigenvalue weighted by Crippen LogP contribution is 2.25. The molecule has 2 rings (SSSR count). The molecular formula is C13H14N2. The summed E-state index contributed by atoms with van der Waals surface area (Å²) in [5.41, 5.74) is 2.41. The van der Waals surface area contributed by atoms with Crippen LogP contribution in [0.5, 0.6) is 0 Å². The molecule has 0 aliphatic rings. The fraction of sp³-hybridized carbons (Fsp3) is 0.231. The normalized spacial score (nSPS) is 12.3. The quantitative estimate of drug-likeness (QED) is 0.757. The minimum Gasteiger partial charge on any atom is -0.265 e. The second-order valence-corrected chi connectivity index (χ2v) is 3.50. The molecule has 2 heterocycles. The van der Waals surface area contributed by atoms with Crippen LogP contribution in [0.2, 0.25) is 0 Å². The summed E-state index contributed by atoms with van der Waals surface area (Å²) in [5, 5.41) is 0. The lowest BCUT2D eigenvalue weighted by Crippen LogP contribution is -2.01. The number of pyridine rings is 2. The standard InChI is InChI=1S/C13H14N2/c1-2-12(11-6-9-14-10-7-11)13-5-3-4-8-15-13/h3-10,12H,2H2,1H3. The van der Waals surface area contributed by atoms with Crippen molar-refractivity contribution in [3.05, 3.63) is 60.2 Å². The predicted octanol–water partition coefficient (Wildman–Crippen LogP) is 3.02. The topological polar surface area (TPSA) is 25.8 Å². The fourth-order valence-electron chi connectivity index (χ4n) is 1.79. The first kappa shape index (κ1) is 9.84. The maximum absolute atomic E-state index is 4.41. The SMILES string of the molecule is CCC(c1ccncc1)c1ccccn1. The molecule has 0 bridgehead atoms. The average molecular weight is 198 g/mol. The summed E-state index contributed by atoms with van der Waals surface area (Å²) in [4.78, 5) is 8.44. The van der Waals surface area contributed by atoms with E-state index < -0.39 is 0 Å². The van der Waals surface area contributed by atoms with E-state index >= 15 is 0 Å². The van der Waals surface area contributed by atoms with Crippen LogP contribution in [0.4, 0.5) is 0 Å². The van der Waals surface area contributed by atoms with Gasteiger partial charge >= 0.3 is 0 Å². The molecule has 0 saturated heterocycles. The highest BCUT2D eigenvalue weighted by Gasteiger charge is 2.11. The predicted molar refractivity (Wildman–Crippen MR) is 60.6 cm³/mol. The molecule has 0 aliphatic carbocycles. The Morgan fingerprint density at radius 3 is 2.47 bits per heavy atom. The summed E-state index contributed by atoms with van der Waals surface area (Å²) >= 11 is 0. The Morgan fingerprint density at radius 1 is 1.07 bits per heavy atom. The highest BCUT2D eigenvalue weighted by molar-refractivity contribution is 5.26. The molecule has 0 aliphatic heterocycles. The van der Waals surface area contributed by atoms with Crippen LogP contribution in [0.25, 0.3) is 0 Å². The lowest BCUT2D eigenvalue weighted by Gasteiger charge is -2.13. The zero-order chi connectivity index (χ0) is 10.5. The van der Waals surface area contributed by atoms with Crippen LogP contribution in [0.15, 0.2) is 48.9 Å². The Hall–Kier alpha value is -1.70. The molecular weight excluding hydrogens is 184 g/mol. The van der Waals surface area contributed by atoms with Gasteiger partial charge in [-0.2, -0.15) is 0 Å². The number of nitrogens with zero attached hydrogens (tertiary/aromatic N) is 2. The number of hydrogen-bond acceptors (Lipinski definition) is 2. The molecule has 2 nitrogen and oxygen atoms in total. The molecule has 0 radical (unpaired) electrons. The first-order valence-corrected chi connectivity index (χ1v) is 5.22. The summed E-state index contributed by atoms with van der Waals surface area (Å²) in [6, 6.07) is 10.2. The lowest BCUT2D eigenvalue weighted by atomic mass is 9.94. The molecule has 0 aromatic carbocycles. The van der Waals surface area contributed by atoms with Crippen LogP contribution in [-0.2, 0) is 0 Å². The fourth-order valence-corrected chi connectivity index (χ4v) is 1.79. The monoisotopic (exact) mass is 198 g/mol. The first-order valence-electron chi connectivity index (χ1n) is 5.22. The molecule has 0 N–H and O–H groups in total. The van der Waals surface area contributed by atoms with E-state index in [1.54, 1.807) is 0 Å². The van der Waals surface area contributed by atoms with Crippen molar-refractivity contribution >= 4 is 0 Å². The van der Waals surface area contributed by atoms with Crippen molar-refractivity contribution in [2.75, 3.05) is 0 Å². The maximum atomic E-state index is 4.41. The highest BCUT2D eigenvalue weighted by atomic mass is 14.7. The van der Waals surface area contributed by atoms with Crippen molar-refractivity contribution in [3.8, 4) is 0 Å². The number of hydrogen-bond donors (Lipinski definition) is 0. The van der Waals surface area contributed by atoms with Crippen molar-refractivity contribution in [3.63, 3.8) is 0 Å². The minimum absolute atomic E-state index is 0.384. The molecule has 15 heavy (non-hydrogen) atoms. The largest absolute Gasteiger partial charge is 0.265 e. The Kier molecular flexibility index (Phi) is 3.08. The van der Waals surface area contributed by atoms with Crippen LogP contribution >= 0.6 is 0 Å². The van der Waals surface area contributed by atoms with E-state index in [-0.39, 0.29) is 0 Å². The summed E-state index contributed by atoms with van der Waals surface area (Å²) in [7, 11) is 0. The van der Waals surface area contributed by atoms with Gasteiger partial charge in [0.05, 0.1) is 0 Å². The van der Waals surface area contributed by atoms with Gasteiger partial charge in [-0.1, -0.05) is 13.0 Å². The van der Waals surface area contributed by atoms with Gasteiger partial charge in [0.25, 0.3) is 0 Å². The van der Waals surface area contributed by atoms with Crippen molar-refractivity contribution in [2.24, 2.45) is 0 Å². The molecule has 2 heteroatoms. The molecule has 2 aromatic heterocycles. The number of rotatable bonds is 3. The third-order valence-corrected chi connectivity index (χ3v) is 2.56. The molecule has 0 saturated carbocycles. The average Bonchev–Trinajstić information content (AvgIpc) is 2.33. The van der Waals surface area contributed by atoms with Gasteiger partial charge in [-0.25, -0.2) is 0 Å². The zero-order valence-electron chi connectivity index (χ0n) is 8.80. The molecule has 76 valence electrons. The van der Waals surface area contributed by atoms with Crippen LogP contribution in [0, 0.1) is 0 Å². The number of aromatic nitrogens is 2. The van der Waals surface area contributed by atoms with E-state index in [0.29, 0.717) is 5.92 Å². The molecule has 1 atom stereocenters. The van der Waals surface area contributed by atoms with Crippen molar-refractivity contribution in [1.29, 1.82) is 0 Å². The van der Waals surface area contributed by atoms with Gasteiger partial charge in [-0.3, -0.25) is 9.97 Å². The maximum Gasteiger partial charge on any atom is 0.0478 e. The Balaban J connectivity index is 2.34. The third kappa shape index (κ3) is 2.21. The zero-order valence-corrected chi connectivity index (χ0v) is 8.80. The van der Waals surface area contributed by atoms with Crippen molar-refractivity contribution < 1.29 is 0 Å². The molecule has 0 fully saturated rings. The Morgan fingerprint density at radius 2 is 1.87 bits per heavy atom. The van der Waals surface area contributed by atoms with Gasteiger partial charge < -0.3 is 0 Å². The van der Waals surface area contributed by atoms with Gasteiger partial charge in [0, 0.05) is 30.2 Å². The van der Waals surface area contributed by atoms with E-state index in [0.717, 1.165) is 12.1 Å². The molecule has 0 amide bonds. The van der Waals surface area contributed by atoms with Crippen LogP contribution < -0.4 is 0 Å². The van der Waals surface area contributed by atoms with E-state index in [4.69, 9.17) is 0 Å². The van der Waals surface area contributed by atoms with E-state index in [1.165, 1.54) is 5.56 Å². The summed E-state index contributed by atoms with van der Waals surface area (Å²) in [6.45, 7) is 2.18. The summed E-state index contributed by atoms with van der Waals surface area (Å²) in [6.07, 6.45) is 6.57. The van der Waals surface area contributed by atoms with E-state index in [9.17, 15) is 0 Å². The molecule has 0 spiro atoms. The van der Waals surface area contributed by atoms with Crippen molar-refractivity contribution in [2.45, 2.75) is 19.3 Å². The van der Waals surface area contributed by atoms with Crippen molar-refractivity contribution in [1.82, 2.24) is 9.97 Å². The second-order valence-electron chi connectivity index (χ2n) is 3.50. The third-order valence-electron chi connectivity index (χ3n) is 2.56. The smallest absolute Gasteiger partial charge is 0.0478 e. The Bertz CT molecular complexity index is 358. The molecule has 1 unspecified atom stereocenters. The molecule has 2 aromatic rings. The summed E-state index contributed by atoms with van der Waals surface area (Å²) in [5.74, 6) is 0.384. The minimum atomic E-state index is 0.384. The second kappa shape index (κ2) is 4.69. The van der Waals surface area contributed by atoms with Gasteiger partial charge in [-0.15, -0.1) is 0 Å². The van der Waals surface area contributed by atoms with E-state index in [2.05, 4.69) is 35.1 Å². The van der Waals surface area contributed by atoms with E-state index in [1.807, 2.05) is 30.7 Å². The summed E-state index contributed by atoms with van der Waals surface area (Å²) < 4.78 is 0. The van der Waals surface area contributed by atoms with Crippen LogP contribution in [0.3, 0.4) is 0 Å². The van der Waals surface area contributed by atoms with Crippen LogP contribution in [0.1, 0.15) is 30.5 Å². The first-order chi connectivity index (χ1) is 7.42. The van der Waals surface area contributed by atoms with Gasteiger partial charge in [-0.05, 0) is 36.2 Å². The lowest BCUT2D eigenvalue weighted by molar-refractivity contribution is 0.748. The van der Waals surface area contributed by atoms with Crippen LogP contribution in [-0.4, -0.2) is 9.97 Å².